The highest BCUT2D eigenvalue weighted by atomic mass is 16.4. The molecule has 2 aliphatic rings. The van der Waals surface area contributed by atoms with Crippen molar-refractivity contribution in [1.29, 1.82) is 0 Å². The maximum atomic E-state index is 12.6. The molecule has 0 saturated carbocycles. The van der Waals surface area contributed by atoms with Crippen LogP contribution in [0.1, 0.15) is 47.2 Å². The van der Waals surface area contributed by atoms with E-state index in [1.807, 2.05) is 12.1 Å². The van der Waals surface area contributed by atoms with E-state index in [-0.39, 0.29) is 5.91 Å². The lowest BCUT2D eigenvalue weighted by atomic mass is 9.90. The molecule has 3 rings (SSSR count). The summed E-state index contributed by atoms with van der Waals surface area (Å²) in [5, 5.41) is 9.13. The van der Waals surface area contributed by atoms with E-state index < -0.39 is 11.9 Å². The Morgan fingerprint density at radius 1 is 1.10 bits per heavy atom. The van der Waals surface area contributed by atoms with Crippen LogP contribution < -0.4 is 0 Å². The van der Waals surface area contributed by atoms with Gasteiger partial charge in [-0.1, -0.05) is 6.07 Å². The number of carbonyl (C=O) groups excluding carboxylic acids is 1. The van der Waals surface area contributed by atoms with E-state index in [1.54, 1.807) is 4.90 Å². The summed E-state index contributed by atoms with van der Waals surface area (Å²) in [6.45, 7) is 1.00. The van der Waals surface area contributed by atoms with Gasteiger partial charge in [-0.05, 0) is 61.8 Å². The van der Waals surface area contributed by atoms with Crippen LogP contribution in [0.15, 0.2) is 18.2 Å². The number of benzene rings is 1. The van der Waals surface area contributed by atoms with Gasteiger partial charge in [-0.3, -0.25) is 9.59 Å². The zero-order valence-electron chi connectivity index (χ0n) is 12.2. The van der Waals surface area contributed by atoms with Crippen molar-refractivity contribution in [2.45, 2.75) is 38.5 Å². The molecule has 1 aliphatic carbocycles. The predicted molar refractivity (Wildman–Crippen MR) is 79.3 cm³/mol. The number of likely N-dealkylation sites (tertiary alicyclic amines) is 1. The Labute approximate surface area is 124 Å². The molecule has 1 N–H and O–H groups in total. The first-order valence-corrected chi connectivity index (χ1v) is 7.79. The number of nitrogens with zero attached hydrogens (tertiary/aromatic N) is 1. The molecule has 0 bridgehead atoms. The topological polar surface area (TPSA) is 57.6 Å². The normalized spacial score (nSPS) is 21.7. The van der Waals surface area contributed by atoms with Crippen molar-refractivity contribution in [3.05, 3.63) is 34.9 Å². The van der Waals surface area contributed by atoms with E-state index in [0.29, 0.717) is 25.1 Å². The van der Waals surface area contributed by atoms with Gasteiger partial charge in [-0.25, -0.2) is 0 Å². The average Bonchev–Trinajstić information content (AvgIpc) is 2.53. The summed E-state index contributed by atoms with van der Waals surface area (Å²) in [6, 6.07) is 5.98. The van der Waals surface area contributed by atoms with Crippen LogP contribution in [0, 0.1) is 5.92 Å². The van der Waals surface area contributed by atoms with E-state index in [0.717, 1.165) is 19.3 Å². The number of carbonyl (C=O) groups is 2. The van der Waals surface area contributed by atoms with Crippen molar-refractivity contribution in [2.24, 2.45) is 5.92 Å². The summed E-state index contributed by atoms with van der Waals surface area (Å²) < 4.78 is 0. The molecule has 0 unspecified atom stereocenters. The molecule has 0 radical (unpaired) electrons. The minimum Gasteiger partial charge on any atom is -0.481 e. The first-order valence-electron chi connectivity index (χ1n) is 7.79. The molecule has 4 heteroatoms. The van der Waals surface area contributed by atoms with Crippen molar-refractivity contribution in [3.8, 4) is 0 Å². The minimum atomic E-state index is -0.794. The monoisotopic (exact) mass is 287 g/mol. The van der Waals surface area contributed by atoms with Crippen LogP contribution in [0.4, 0.5) is 0 Å². The van der Waals surface area contributed by atoms with E-state index in [1.165, 1.54) is 24.0 Å². The highest BCUT2D eigenvalue weighted by Crippen LogP contribution is 2.24. The molecule has 1 heterocycles. The highest BCUT2D eigenvalue weighted by molar-refractivity contribution is 5.95. The standard InChI is InChI=1S/C17H21NO3/c19-16(18-9-3-6-15(11-18)17(20)21)14-8-7-12-4-1-2-5-13(12)10-14/h7-8,10,15H,1-6,9,11H2,(H,20,21)/t15-/m0/s1. The third-order valence-electron chi connectivity index (χ3n) is 4.65. The smallest absolute Gasteiger partial charge is 0.308 e. The summed E-state index contributed by atoms with van der Waals surface area (Å²) in [4.78, 5) is 25.4. The van der Waals surface area contributed by atoms with Gasteiger partial charge in [0, 0.05) is 18.7 Å². The summed E-state index contributed by atoms with van der Waals surface area (Å²) in [7, 11) is 0. The molecule has 0 spiro atoms. The van der Waals surface area contributed by atoms with Gasteiger partial charge in [0.05, 0.1) is 5.92 Å². The lowest BCUT2D eigenvalue weighted by molar-refractivity contribution is -0.143. The molecule has 1 aromatic carbocycles. The van der Waals surface area contributed by atoms with Gasteiger partial charge >= 0.3 is 5.97 Å². The molecular weight excluding hydrogens is 266 g/mol. The van der Waals surface area contributed by atoms with Crippen LogP contribution in [-0.4, -0.2) is 35.0 Å². The Kier molecular flexibility index (Phi) is 3.95. The molecule has 112 valence electrons. The molecule has 21 heavy (non-hydrogen) atoms. The van der Waals surface area contributed by atoms with Crippen LogP contribution >= 0.6 is 0 Å². The van der Waals surface area contributed by atoms with Crippen LogP contribution in [-0.2, 0) is 17.6 Å². The number of amides is 1. The summed E-state index contributed by atoms with van der Waals surface area (Å²) >= 11 is 0. The van der Waals surface area contributed by atoms with Gasteiger partial charge in [-0.2, -0.15) is 0 Å². The molecule has 0 aromatic heterocycles. The maximum Gasteiger partial charge on any atom is 0.308 e. The zero-order chi connectivity index (χ0) is 14.8. The van der Waals surface area contributed by atoms with E-state index in [2.05, 4.69) is 6.07 Å². The number of aliphatic carboxylic acids is 1. The van der Waals surface area contributed by atoms with E-state index >= 15 is 0 Å². The highest BCUT2D eigenvalue weighted by Gasteiger charge is 2.28. The lowest BCUT2D eigenvalue weighted by Crippen LogP contribution is -2.42. The summed E-state index contributed by atoms with van der Waals surface area (Å²) in [5.41, 5.74) is 3.36. The Morgan fingerprint density at radius 2 is 1.86 bits per heavy atom. The van der Waals surface area contributed by atoms with Crippen LogP contribution in [0.3, 0.4) is 0 Å². The Bertz CT molecular complexity index is 567. The number of rotatable bonds is 2. The van der Waals surface area contributed by atoms with Gasteiger partial charge in [0.15, 0.2) is 0 Å². The van der Waals surface area contributed by atoms with Crippen LogP contribution in [0.25, 0.3) is 0 Å². The second-order valence-corrected chi connectivity index (χ2v) is 6.12. The zero-order valence-corrected chi connectivity index (χ0v) is 12.2. The fourth-order valence-electron chi connectivity index (χ4n) is 3.41. The van der Waals surface area contributed by atoms with Gasteiger partial charge in [0.25, 0.3) is 5.91 Å². The molecular formula is C17H21NO3. The third-order valence-corrected chi connectivity index (χ3v) is 4.65. The second-order valence-electron chi connectivity index (χ2n) is 6.12. The van der Waals surface area contributed by atoms with Crippen molar-refractivity contribution in [3.63, 3.8) is 0 Å². The predicted octanol–water partition coefficient (Wildman–Crippen LogP) is 2.50. The van der Waals surface area contributed by atoms with Crippen molar-refractivity contribution < 1.29 is 14.7 Å². The fourth-order valence-corrected chi connectivity index (χ4v) is 3.41. The number of hydrogen-bond acceptors (Lipinski definition) is 2. The number of hydrogen-bond donors (Lipinski definition) is 1. The van der Waals surface area contributed by atoms with Crippen LogP contribution in [0.2, 0.25) is 0 Å². The van der Waals surface area contributed by atoms with Crippen molar-refractivity contribution in [2.75, 3.05) is 13.1 Å². The van der Waals surface area contributed by atoms with E-state index in [9.17, 15) is 9.59 Å². The van der Waals surface area contributed by atoms with Crippen molar-refractivity contribution in [1.82, 2.24) is 4.90 Å². The fraction of sp³-hybridized carbons (Fsp3) is 0.529. The number of carboxylic acid groups (broad SMARTS) is 1. The second kappa shape index (κ2) is 5.88. The van der Waals surface area contributed by atoms with Gasteiger partial charge in [0.2, 0.25) is 0 Å². The lowest BCUT2D eigenvalue weighted by Gasteiger charge is -2.31. The first kappa shape index (κ1) is 14.1. The molecule has 1 amide bonds. The number of carboxylic acids is 1. The number of fused-ring (bicyclic) bond motifs is 1. The molecule has 1 aromatic rings. The molecule has 1 aliphatic heterocycles. The maximum absolute atomic E-state index is 12.6. The summed E-state index contributed by atoms with van der Waals surface area (Å²) in [6.07, 6.45) is 6.02. The van der Waals surface area contributed by atoms with Gasteiger partial charge < -0.3 is 10.0 Å². The van der Waals surface area contributed by atoms with Gasteiger partial charge in [0.1, 0.15) is 0 Å². The number of piperidine rings is 1. The Morgan fingerprint density at radius 3 is 2.62 bits per heavy atom. The third kappa shape index (κ3) is 2.94. The average molecular weight is 287 g/mol. The quantitative estimate of drug-likeness (QED) is 0.909. The molecule has 1 saturated heterocycles. The minimum absolute atomic E-state index is 0.0191. The van der Waals surface area contributed by atoms with E-state index in [4.69, 9.17) is 5.11 Å². The van der Waals surface area contributed by atoms with Crippen molar-refractivity contribution >= 4 is 11.9 Å². The van der Waals surface area contributed by atoms with Crippen LogP contribution in [0.5, 0.6) is 0 Å². The molecule has 1 fully saturated rings. The molecule has 4 nitrogen and oxygen atoms in total. The largest absolute Gasteiger partial charge is 0.481 e. The van der Waals surface area contributed by atoms with Gasteiger partial charge in [-0.15, -0.1) is 0 Å². The number of aryl methyl sites for hydroxylation is 2. The molecule has 1 atom stereocenters. The Balaban J connectivity index is 1.77. The SMILES string of the molecule is O=C(O)[C@H]1CCCN(C(=O)c2ccc3c(c2)CCCC3)C1. The Hall–Kier alpha value is -1.84. The summed E-state index contributed by atoms with van der Waals surface area (Å²) in [5.74, 6) is -1.23. The first-order chi connectivity index (χ1) is 10.1.